The monoisotopic (exact) mass is 290 g/mol. The largest absolute Gasteiger partial charge is 0.286 e. The number of benzene rings is 1. The third kappa shape index (κ3) is 2.12. The van der Waals surface area contributed by atoms with E-state index in [0.717, 1.165) is 15.7 Å². The number of aliphatic imine (C=N–C) groups is 2. The van der Waals surface area contributed by atoms with Crippen LogP contribution in [0.15, 0.2) is 40.1 Å². The molecule has 2 aliphatic rings. The third-order valence-corrected chi connectivity index (χ3v) is 4.23. The highest BCUT2D eigenvalue weighted by Gasteiger charge is 2.31. The van der Waals surface area contributed by atoms with Crippen LogP contribution in [0.3, 0.4) is 0 Å². The second-order valence-corrected chi connectivity index (χ2v) is 5.37. The summed E-state index contributed by atoms with van der Waals surface area (Å²) >= 11 is 7.29. The number of thioether (sulfide) groups is 1. The first-order chi connectivity index (χ1) is 9.19. The first-order valence-electron chi connectivity index (χ1n) is 5.35. The maximum absolute atomic E-state index is 9.66. The van der Waals surface area contributed by atoms with Crippen molar-refractivity contribution in [2.24, 2.45) is 9.98 Å². The lowest BCUT2D eigenvalue weighted by molar-refractivity contribution is -0.0108. The van der Waals surface area contributed by atoms with Crippen LogP contribution in [0.25, 0.3) is 0 Å². The van der Waals surface area contributed by atoms with Crippen LogP contribution in [0.4, 0.5) is 0 Å². The molecule has 1 unspecified atom stereocenters. The zero-order valence-electron chi connectivity index (χ0n) is 9.49. The minimum Gasteiger partial charge on any atom is -0.286 e. The topological polar surface area (TPSA) is 72.0 Å². The van der Waals surface area contributed by atoms with Crippen LogP contribution >= 0.6 is 23.4 Å². The fraction of sp³-hybridized carbons (Fsp3) is 0.0833. The van der Waals surface area contributed by atoms with Crippen LogP contribution in [0.2, 0.25) is 5.02 Å². The van der Waals surface area contributed by atoms with Gasteiger partial charge in [-0.2, -0.15) is 5.26 Å². The van der Waals surface area contributed by atoms with Crippen molar-refractivity contribution in [3.8, 4) is 6.07 Å². The predicted molar refractivity (Wildman–Crippen MR) is 74.3 cm³/mol. The molecule has 1 aromatic carbocycles. The van der Waals surface area contributed by atoms with Crippen molar-refractivity contribution in [2.45, 2.75) is 5.37 Å². The molecule has 19 heavy (non-hydrogen) atoms. The van der Waals surface area contributed by atoms with Crippen molar-refractivity contribution in [1.82, 2.24) is 5.06 Å². The third-order valence-electron chi connectivity index (χ3n) is 2.67. The Morgan fingerprint density at radius 1 is 1.47 bits per heavy atom. The van der Waals surface area contributed by atoms with E-state index in [1.54, 1.807) is 24.4 Å². The molecule has 0 bridgehead atoms. The fourth-order valence-corrected chi connectivity index (χ4v) is 2.95. The summed E-state index contributed by atoms with van der Waals surface area (Å²) < 4.78 is 0. The van der Waals surface area contributed by atoms with Gasteiger partial charge in [-0.05, 0) is 12.1 Å². The van der Waals surface area contributed by atoms with Crippen molar-refractivity contribution in [3.05, 3.63) is 46.2 Å². The molecule has 2 aliphatic heterocycles. The lowest BCUT2D eigenvalue weighted by atomic mass is 10.1. The SMILES string of the molecule is N#Cc1cc(C2=NC3=CN=CN(O)C3S2)ccc1Cl. The van der Waals surface area contributed by atoms with Gasteiger partial charge in [0, 0.05) is 5.56 Å². The van der Waals surface area contributed by atoms with Crippen molar-refractivity contribution < 1.29 is 5.21 Å². The molecule has 0 saturated heterocycles. The van der Waals surface area contributed by atoms with Gasteiger partial charge < -0.3 is 0 Å². The molecule has 94 valence electrons. The molecule has 1 atom stereocenters. The molecule has 2 heterocycles. The van der Waals surface area contributed by atoms with Crippen LogP contribution < -0.4 is 0 Å². The summed E-state index contributed by atoms with van der Waals surface area (Å²) in [6.45, 7) is 0. The minimum absolute atomic E-state index is 0.284. The lowest BCUT2D eigenvalue weighted by Gasteiger charge is -2.20. The summed E-state index contributed by atoms with van der Waals surface area (Å²) in [4.78, 5) is 8.28. The fourth-order valence-electron chi connectivity index (χ4n) is 1.76. The highest BCUT2D eigenvalue weighted by atomic mass is 35.5. The van der Waals surface area contributed by atoms with Gasteiger partial charge in [0.25, 0.3) is 0 Å². The number of rotatable bonds is 1. The van der Waals surface area contributed by atoms with Gasteiger partial charge in [0.05, 0.1) is 22.5 Å². The summed E-state index contributed by atoms with van der Waals surface area (Å²) in [5.41, 5.74) is 1.89. The summed E-state index contributed by atoms with van der Waals surface area (Å²) in [6, 6.07) is 7.19. The van der Waals surface area contributed by atoms with E-state index >= 15 is 0 Å². The number of hydrogen-bond acceptors (Lipinski definition) is 6. The van der Waals surface area contributed by atoms with Crippen molar-refractivity contribution in [1.29, 1.82) is 5.26 Å². The minimum atomic E-state index is -0.284. The molecule has 0 amide bonds. The number of hydroxylamine groups is 2. The molecular formula is C12H7ClN4OS. The van der Waals surface area contributed by atoms with E-state index in [2.05, 4.69) is 9.98 Å². The van der Waals surface area contributed by atoms with Gasteiger partial charge in [-0.3, -0.25) is 5.21 Å². The van der Waals surface area contributed by atoms with E-state index < -0.39 is 0 Å². The van der Waals surface area contributed by atoms with E-state index in [0.29, 0.717) is 16.3 Å². The Bertz CT molecular complexity index is 677. The highest BCUT2D eigenvalue weighted by Crippen LogP contribution is 2.36. The second kappa shape index (κ2) is 4.70. The van der Waals surface area contributed by atoms with Gasteiger partial charge in [0.2, 0.25) is 0 Å². The normalized spacial score (nSPS) is 20.7. The number of nitrogens with zero attached hydrogens (tertiary/aromatic N) is 4. The predicted octanol–water partition coefficient (Wildman–Crippen LogP) is 2.61. The Morgan fingerprint density at radius 3 is 3.05 bits per heavy atom. The van der Waals surface area contributed by atoms with Gasteiger partial charge >= 0.3 is 0 Å². The van der Waals surface area contributed by atoms with E-state index in [1.165, 1.54) is 18.1 Å². The van der Waals surface area contributed by atoms with Gasteiger partial charge in [0.15, 0.2) is 5.37 Å². The highest BCUT2D eigenvalue weighted by molar-refractivity contribution is 8.15. The summed E-state index contributed by atoms with van der Waals surface area (Å²) in [5, 5.41) is 20.5. The molecule has 0 aromatic heterocycles. The maximum atomic E-state index is 9.66. The first kappa shape index (κ1) is 12.2. The Labute approximate surface area is 118 Å². The molecule has 0 saturated carbocycles. The molecule has 0 radical (unpaired) electrons. The Morgan fingerprint density at radius 2 is 2.32 bits per heavy atom. The lowest BCUT2D eigenvalue weighted by Crippen LogP contribution is -2.29. The number of nitriles is 1. The van der Waals surface area contributed by atoms with E-state index in [1.807, 2.05) is 6.07 Å². The molecule has 0 spiro atoms. The van der Waals surface area contributed by atoms with Crippen LogP contribution in [0, 0.1) is 11.3 Å². The summed E-state index contributed by atoms with van der Waals surface area (Å²) in [6.07, 6.45) is 2.95. The molecule has 0 aliphatic carbocycles. The number of halogens is 1. The Hall–Kier alpha value is -1.81. The van der Waals surface area contributed by atoms with Gasteiger partial charge in [-0.1, -0.05) is 29.4 Å². The van der Waals surface area contributed by atoms with Crippen LogP contribution in [-0.2, 0) is 0 Å². The van der Waals surface area contributed by atoms with Crippen LogP contribution in [-0.4, -0.2) is 27.0 Å². The molecule has 7 heteroatoms. The smallest absolute Gasteiger partial charge is 0.152 e. The molecule has 1 aromatic rings. The average Bonchev–Trinajstić information content (AvgIpc) is 2.85. The van der Waals surface area contributed by atoms with E-state index in [9.17, 15) is 5.21 Å². The quantitative estimate of drug-likeness (QED) is 0.863. The first-order valence-corrected chi connectivity index (χ1v) is 6.61. The van der Waals surface area contributed by atoms with E-state index in [4.69, 9.17) is 16.9 Å². The zero-order chi connectivity index (χ0) is 13.4. The standard InChI is InChI=1S/C12H7ClN4OS/c13-9-2-1-7(3-8(9)4-14)11-16-10-5-15-6-17(18)12(10)19-11/h1-3,5-6,12,18H. The van der Waals surface area contributed by atoms with Gasteiger partial charge in [-0.15, -0.1) is 0 Å². The van der Waals surface area contributed by atoms with Crippen LogP contribution in [0.1, 0.15) is 11.1 Å². The zero-order valence-corrected chi connectivity index (χ0v) is 11.1. The average molecular weight is 291 g/mol. The number of fused-ring (bicyclic) bond motifs is 1. The molecule has 1 N–H and O–H groups in total. The van der Waals surface area contributed by atoms with Crippen molar-refractivity contribution in [3.63, 3.8) is 0 Å². The van der Waals surface area contributed by atoms with E-state index in [-0.39, 0.29) is 5.37 Å². The Balaban J connectivity index is 1.97. The van der Waals surface area contributed by atoms with Gasteiger partial charge in [0.1, 0.15) is 17.5 Å². The molecule has 0 fully saturated rings. The molecule has 5 nitrogen and oxygen atoms in total. The molecule has 3 rings (SSSR count). The Kier molecular flexibility index (Phi) is 3.03. The van der Waals surface area contributed by atoms with Crippen molar-refractivity contribution >= 4 is 34.7 Å². The van der Waals surface area contributed by atoms with Crippen molar-refractivity contribution in [2.75, 3.05) is 0 Å². The van der Waals surface area contributed by atoms with Gasteiger partial charge in [-0.25, -0.2) is 15.0 Å². The summed E-state index contributed by atoms with van der Waals surface area (Å²) in [7, 11) is 0. The summed E-state index contributed by atoms with van der Waals surface area (Å²) in [5.74, 6) is 0. The second-order valence-electron chi connectivity index (χ2n) is 3.89. The molecular weight excluding hydrogens is 284 g/mol. The van der Waals surface area contributed by atoms with Crippen LogP contribution in [0.5, 0.6) is 0 Å². The maximum Gasteiger partial charge on any atom is 0.152 e. The number of hydrogen-bond donors (Lipinski definition) is 1.